The van der Waals surface area contributed by atoms with Crippen LogP contribution in [0.3, 0.4) is 0 Å². The van der Waals surface area contributed by atoms with E-state index in [0.717, 1.165) is 30.2 Å². The van der Waals surface area contributed by atoms with E-state index in [4.69, 9.17) is 4.42 Å². The largest absolute Gasteiger partial charge is 0.443 e. The molecule has 98 valence electrons. The maximum Gasteiger partial charge on any atom is 0.213 e. The molecule has 1 aromatic rings. The van der Waals surface area contributed by atoms with E-state index in [0.29, 0.717) is 6.04 Å². The summed E-state index contributed by atoms with van der Waals surface area (Å²) in [5.41, 5.74) is 4.57. The normalized spacial score (nSPS) is 30.7. The van der Waals surface area contributed by atoms with Crippen LogP contribution in [0.4, 0.5) is 0 Å². The molecule has 1 fully saturated rings. The van der Waals surface area contributed by atoms with E-state index >= 15 is 0 Å². The van der Waals surface area contributed by atoms with Gasteiger partial charge in [0.25, 0.3) is 0 Å². The van der Waals surface area contributed by atoms with Crippen LogP contribution in [-0.4, -0.2) is 23.1 Å². The average Bonchev–Trinajstić information content (AvgIpc) is 2.79. The van der Waals surface area contributed by atoms with Crippen LogP contribution in [0.2, 0.25) is 0 Å². The maximum atomic E-state index is 6.00. The summed E-state index contributed by atoms with van der Waals surface area (Å²) in [5.74, 6) is 1.88. The van der Waals surface area contributed by atoms with Crippen LogP contribution in [0.5, 0.6) is 0 Å². The molecule has 1 aliphatic carbocycles. The summed E-state index contributed by atoms with van der Waals surface area (Å²) in [6, 6.07) is 0.734. The molecular formula is C14H21N3O. The minimum Gasteiger partial charge on any atom is -0.443 e. The lowest BCUT2D eigenvalue weighted by Crippen LogP contribution is -2.31. The SMILES string of the molecule is CC1CC(c2nc3c(o2)CC(C)(C)C=C3)N(C)N1. The van der Waals surface area contributed by atoms with Crippen molar-refractivity contribution in [2.45, 2.75) is 45.7 Å². The fourth-order valence-corrected chi connectivity index (χ4v) is 2.81. The molecular weight excluding hydrogens is 226 g/mol. The number of hydrogen-bond acceptors (Lipinski definition) is 4. The molecule has 1 saturated heterocycles. The Labute approximate surface area is 108 Å². The summed E-state index contributed by atoms with van der Waals surface area (Å²) in [7, 11) is 2.05. The van der Waals surface area contributed by atoms with Crippen molar-refractivity contribution in [1.29, 1.82) is 0 Å². The predicted molar refractivity (Wildman–Crippen MR) is 70.7 cm³/mol. The van der Waals surface area contributed by atoms with E-state index in [9.17, 15) is 0 Å². The second kappa shape index (κ2) is 3.93. The van der Waals surface area contributed by atoms with Crippen LogP contribution >= 0.6 is 0 Å². The summed E-state index contributed by atoms with van der Waals surface area (Å²) in [6.45, 7) is 6.63. The van der Waals surface area contributed by atoms with E-state index in [2.05, 4.69) is 55.4 Å². The summed E-state index contributed by atoms with van der Waals surface area (Å²) < 4.78 is 6.00. The number of aromatic nitrogens is 1. The lowest BCUT2D eigenvalue weighted by Gasteiger charge is -2.21. The van der Waals surface area contributed by atoms with Gasteiger partial charge in [-0.05, 0) is 24.8 Å². The van der Waals surface area contributed by atoms with E-state index in [1.54, 1.807) is 0 Å². The monoisotopic (exact) mass is 247 g/mol. The Morgan fingerprint density at radius 1 is 1.50 bits per heavy atom. The van der Waals surface area contributed by atoms with Crippen molar-refractivity contribution < 1.29 is 4.42 Å². The Hall–Kier alpha value is -1.13. The lowest BCUT2D eigenvalue weighted by atomic mass is 9.84. The molecule has 4 nitrogen and oxygen atoms in total. The van der Waals surface area contributed by atoms with Gasteiger partial charge < -0.3 is 4.42 Å². The highest BCUT2D eigenvalue weighted by Crippen LogP contribution is 2.35. The summed E-state index contributed by atoms with van der Waals surface area (Å²) in [6.07, 6.45) is 6.30. The van der Waals surface area contributed by atoms with Gasteiger partial charge >= 0.3 is 0 Å². The highest BCUT2D eigenvalue weighted by atomic mass is 16.4. The molecule has 1 aliphatic heterocycles. The van der Waals surface area contributed by atoms with Crippen molar-refractivity contribution >= 4 is 6.08 Å². The van der Waals surface area contributed by atoms with Crippen molar-refractivity contribution in [3.8, 4) is 0 Å². The summed E-state index contributed by atoms with van der Waals surface area (Å²) >= 11 is 0. The molecule has 0 saturated carbocycles. The molecule has 0 bridgehead atoms. The van der Waals surface area contributed by atoms with Gasteiger partial charge in [0.2, 0.25) is 5.89 Å². The van der Waals surface area contributed by atoms with Crippen LogP contribution < -0.4 is 5.43 Å². The van der Waals surface area contributed by atoms with E-state index in [1.165, 1.54) is 0 Å². The van der Waals surface area contributed by atoms with E-state index < -0.39 is 0 Å². The molecule has 1 N–H and O–H groups in total. The number of fused-ring (bicyclic) bond motifs is 1. The first kappa shape index (κ1) is 11.9. The quantitative estimate of drug-likeness (QED) is 0.828. The van der Waals surface area contributed by atoms with E-state index in [1.807, 2.05) is 0 Å². The van der Waals surface area contributed by atoms with Gasteiger partial charge in [-0.2, -0.15) is 0 Å². The second-order valence-corrected chi connectivity index (χ2v) is 6.25. The van der Waals surface area contributed by atoms with Crippen LogP contribution in [0, 0.1) is 5.41 Å². The van der Waals surface area contributed by atoms with Crippen molar-refractivity contribution in [3.05, 3.63) is 23.4 Å². The first-order chi connectivity index (χ1) is 8.44. The minimum absolute atomic E-state index is 0.178. The minimum atomic E-state index is 0.178. The lowest BCUT2D eigenvalue weighted by molar-refractivity contribution is 0.200. The predicted octanol–water partition coefficient (Wildman–Crippen LogP) is 2.54. The number of oxazole rings is 1. The molecule has 2 atom stereocenters. The number of nitrogens with zero attached hydrogens (tertiary/aromatic N) is 2. The topological polar surface area (TPSA) is 41.3 Å². The van der Waals surface area contributed by atoms with Crippen LogP contribution in [-0.2, 0) is 6.42 Å². The maximum absolute atomic E-state index is 6.00. The zero-order chi connectivity index (χ0) is 12.9. The third-order valence-electron chi connectivity index (χ3n) is 3.81. The van der Waals surface area contributed by atoms with Gasteiger partial charge in [-0.25, -0.2) is 9.99 Å². The highest BCUT2D eigenvalue weighted by Gasteiger charge is 2.33. The van der Waals surface area contributed by atoms with Gasteiger partial charge in [0.05, 0.1) is 0 Å². The number of allylic oxidation sites excluding steroid dienone is 1. The van der Waals surface area contributed by atoms with Crippen LogP contribution in [0.1, 0.15) is 50.6 Å². The second-order valence-electron chi connectivity index (χ2n) is 6.25. The van der Waals surface area contributed by atoms with Gasteiger partial charge in [0.1, 0.15) is 17.5 Å². The molecule has 0 aromatic carbocycles. The molecule has 2 unspecified atom stereocenters. The first-order valence-corrected chi connectivity index (χ1v) is 6.62. The molecule has 0 amide bonds. The van der Waals surface area contributed by atoms with E-state index in [-0.39, 0.29) is 11.5 Å². The third-order valence-corrected chi connectivity index (χ3v) is 3.81. The van der Waals surface area contributed by atoms with Gasteiger partial charge in [-0.15, -0.1) is 0 Å². The molecule has 18 heavy (non-hydrogen) atoms. The average molecular weight is 247 g/mol. The summed E-state index contributed by atoms with van der Waals surface area (Å²) in [4.78, 5) is 4.65. The number of hydrazine groups is 1. The Morgan fingerprint density at radius 3 is 2.94 bits per heavy atom. The molecule has 3 rings (SSSR count). The molecule has 2 aliphatic rings. The van der Waals surface area contributed by atoms with Crippen LogP contribution in [0.15, 0.2) is 10.5 Å². The van der Waals surface area contributed by atoms with Gasteiger partial charge in [-0.3, -0.25) is 5.43 Å². The van der Waals surface area contributed by atoms with Crippen molar-refractivity contribution in [3.63, 3.8) is 0 Å². The van der Waals surface area contributed by atoms with Gasteiger partial charge in [0, 0.05) is 19.5 Å². The fourth-order valence-electron chi connectivity index (χ4n) is 2.81. The number of nitrogens with one attached hydrogen (secondary N) is 1. The Balaban J connectivity index is 1.89. The highest BCUT2D eigenvalue weighted by molar-refractivity contribution is 5.51. The van der Waals surface area contributed by atoms with Crippen molar-refractivity contribution in [2.24, 2.45) is 5.41 Å². The first-order valence-electron chi connectivity index (χ1n) is 6.62. The summed E-state index contributed by atoms with van der Waals surface area (Å²) in [5, 5.41) is 2.11. The molecule has 0 radical (unpaired) electrons. The Kier molecular flexibility index (Phi) is 2.61. The zero-order valence-electron chi connectivity index (χ0n) is 11.5. The van der Waals surface area contributed by atoms with Crippen LogP contribution in [0.25, 0.3) is 6.08 Å². The Bertz CT molecular complexity index is 489. The Morgan fingerprint density at radius 2 is 2.28 bits per heavy atom. The van der Waals surface area contributed by atoms with Crippen molar-refractivity contribution in [2.75, 3.05) is 7.05 Å². The molecule has 4 heteroatoms. The number of rotatable bonds is 1. The smallest absolute Gasteiger partial charge is 0.213 e. The standard InChI is InChI=1S/C14H21N3O/c1-9-7-11(17(4)16-9)13-15-10-5-6-14(2,3)8-12(10)18-13/h5-6,9,11,16H,7-8H2,1-4H3. The van der Waals surface area contributed by atoms with Gasteiger partial charge in [0.15, 0.2) is 0 Å². The fraction of sp³-hybridized carbons (Fsp3) is 0.643. The molecule has 0 spiro atoms. The zero-order valence-corrected chi connectivity index (χ0v) is 11.5. The van der Waals surface area contributed by atoms with Crippen molar-refractivity contribution in [1.82, 2.24) is 15.4 Å². The molecule has 2 heterocycles. The number of hydrogen-bond donors (Lipinski definition) is 1. The van der Waals surface area contributed by atoms with Gasteiger partial charge in [-0.1, -0.05) is 19.9 Å². The third kappa shape index (κ3) is 1.99. The molecule has 1 aromatic heterocycles.